The average molecular weight is 556 g/mol. The van der Waals surface area contributed by atoms with Crippen LogP contribution in [-0.4, -0.2) is 61.9 Å². The number of anilines is 1. The van der Waals surface area contributed by atoms with Crippen LogP contribution in [0.2, 0.25) is 0 Å². The molecule has 2 aliphatic rings. The number of likely N-dealkylation sites (tertiary alicyclic amines) is 1. The van der Waals surface area contributed by atoms with Crippen molar-refractivity contribution in [2.24, 2.45) is 10.4 Å². The van der Waals surface area contributed by atoms with Crippen molar-refractivity contribution in [3.05, 3.63) is 29.8 Å². The fourth-order valence-corrected chi connectivity index (χ4v) is 4.19. The number of hydrogen-bond acceptors (Lipinski definition) is 3. The average Bonchev–Trinajstić information content (AvgIpc) is 3.31. The van der Waals surface area contributed by atoms with Crippen molar-refractivity contribution in [1.29, 1.82) is 0 Å². The van der Waals surface area contributed by atoms with E-state index in [1.807, 2.05) is 25.7 Å². The zero-order valence-corrected chi connectivity index (χ0v) is 22.1. The third-order valence-electron chi connectivity index (χ3n) is 5.92. The van der Waals surface area contributed by atoms with Crippen LogP contribution in [0.15, 0.2) is 29.3 Å². The van der Waals surface area contributed by atoms with Crippen LogP contribution < -0.4 is 15.5 Å². The van der Waals surface area contributed by atoms with E-state index in [-0.39, 0.29) is 35.8 Å². The summed E-state index contributed by atoms with van der Waals surface area (Å²) in [5.74, 6) is 1.54. The summed E-state index contributed by atoms with van der Waals surface area (Å²) >= 11 is 0. The second-order valence-corrected chi connectivity index (χ2v) is 9.38. The van der Waals surface area contributed by atoms with Gasteiger partial charge in [-0.2, -0.15) is 0 Å². The SMILES string of the molecule is CCNC(=NCCNC(=O)C(C)(C)C)N1CC(CCN2CCCC2=O)c2ccccc21.I. The highest BCUT2D eigenvalue weighted by molar-refractivity contribution is 14.0. The number of para-hydroxylation sites is 1. The molecule has 7 nitrogen and oxygen atoms in total. The van der Waals surface area contributed by atoms with Crippen molar-refractivity contribution in [3.63, 3.8) is 0 Å². The number of aliphatic imine (C=N–C) groups is 1. The highest BCUT2D eigenvalue weighted by atomic mass is 127. The molecule has 2 aliphatic heterocycles. The Labute approximate surface area is 209 Å². The predicted octanol–water partition coefficient (Wildman–Crippen LogP) is 3.35. The maximum Gasteiger partial charge on any atom is 0.225 e. The molecule has 1 fully saturated rings. The topological polar surface area (TPSA) is 77.0 Å². The minimum absolute atomic E-state index is 0. The number of amides is 2. The second kappa shape index (κ2) is 11.9. The number of carbonyl (C=O) groups excluding carboxylic acids is 2. The number of halogens is 1. The van der Waals surface area contributed by atoms with E-state index in [9.17, 15) is 9.59 Å². The first-order valence-electron chi connectivity index (χ1n) is 11.5. The maximum atomic E-state index is 12.1. The van der Waals surface area contributed by atoms with Crippen molar-refractivity contribution in [3.8, 4) is 0 Å². The van der Waals surface area contributed by atoms with Gasteiger partial charge in [-0.15, -0.1) is 24.0 Å². The van der Waals surface area contributed by atoms with E-state index in [2.05, 4.69) is 46.7 Å². The third-order valence-corrected chi connectivity index (χ3v) is 5.92. The number of hydrogen-bond donors (Lipinski definition) is 2. The van der Waals surface area contributed by atoms with Crippen molar-refractivity contribution < 1.29 is 9.59 Å². The van der Waals surface area contributed by atoms with Gasteiger partial charge in [-0.3, -0.25) is 14.6 Å². The maximum absolute atomic E-state index is 12.1. The van der Waals surface area contributed by atoms with E-state index >= 15 is 0 Å². The van der Waals surface area contributed by atoms with Gasteiger partial charge in [0.2, 0.25) is 11.8 Å². The van der Waals surface area contributed by atoms with Crippen molar-refractivity contribution >= 4 is 47.4 Å². The molecule has 1 unspecified atom stereocenters. The molecule has 0 bridgehead atoms. The van der Waals surface area contributed by atoms with E-state index in [4.69, 9.17) is 4.99 Å². The number of nitrogens with one attached hydrogen (secondary N) is 2. The normalized spacial score (nSPS) is 18.4. The molecule has 0 saturated carbocycles. The lowest BCUT2D eigenvalue weighted by molar-refractivity contribution is -0.128. The largest absolute Gasteiger partial charge is 0.356 e. The molecule has 0 radical (unpaired) electrons. The predicted molar refractivity (Wildman–Crippen MR) is 141 cm³/mol. The lowest BCUT2D eigenvalue weighted by Gasteiger charge is -2.23. The molecule has 178 valence electrons. The molecule has 0 aliphatic carbocycles. The molecule has 2 heterocycles. The number of benzene rings is 1. The van der Waals surface area contributed by atoms with Crippen LogP contribution in [0.4, 0.5) is 5.69 Å². The van der Waals surface area contributed by atoms with E-state index in [0.29, 0.717) is 25.4 Å². The van der Waals surface area contributed by atoms with Gasteiger partial charge in [0.1, 0.15) is 0 Å². The fraction of sp³-hybridized carbons (Fsp3) is 0.625. The van der Waals surface area contributed by atoms with Crippen LogP contribution in [-0.2, 0) is 9.59 Å². The standard InChI is InChI=1S/C24H37N5O2.HI/c1-5-25-23(27-14-13-26-22(31)24(2,3)4)29-17-18(19-9-6-7-10-20(19)29)12-16-28-15-8-11-21(28)30;/h6-7,9-10,18H,5,8,11-17H2,1-4H3,(H,25,27)(H,26,31);1H. The molecule has 8 heteroatoms. The summed E-state index contributed by atoms with van der Waals surface area (Å²) in [5.41, 5.74) is 2.10. The van der Waals surface area contributed by atoms with Gasteiger partial charge in [-0.1, -0.05) is 39.0 Å². The Balaban J connectivity index is 0.00000363. The summed E-state index contributed by atoms with van der Waals surface area (Å²) in [7, 11) is 0. The first-order valence-corrected chi connectivity index (χ1v) is 11.5. The van der Waals surface area contributed by atoms with Crippen LogP contribution in [0, 0.1) is 5.41 Å². The molecule has 2 amide bonds. The molecule has 2 N–H and O–H groups in total. The van der Waals surface area contributed by atoms with Gasteiger partial charge in [0, 0.05) is 56.2 Å². The van der Waals surface area contributed by atoms with Crippen LogP contribution in [0.25, 0.3) is 0 Å². The first-order chi connectivity index (χ1) is 14.8. The minimum Gasteiger partial charge on any atom is -0.356 e. The van der Waals surface area contributed by atoms with E-state index < -0.39 is 5.41 Å². The molecule has 1 atom stereocenters. The quantitative estimate of drug-likeness (QED) is 0.234. The second-order valence-electron chi connectivity index (χ2n) is 9.38. The Hall–Kier alpha value is -1.84. The van der Waals surface area contributed by atoms with Gasteiger partial charge < -0.3 is 20.4 Å². The lowest BCUT2D eigenvalue weighted by Crippen LogP contribution is -2.42. The van der Waals surface area contributed by atoms with Gasteiger partial charge in [-0.05, 0) is 31.4 Å². The van der Waals surface area contributed by atoms with Crippen molar-refractivity contribution in [2.75, 3.05) is 44.2 Å². The highest BCUT2D eigenvalue weighted by Gasteiger charge is 2.32. The molecule has 3 rings (SSSR count). The Morgan fingerprint density at radius 3 is 2.62 bits per heavy atom. The zero-order valence-electron chi connectivity index (χ0n) is 19.8. The number of guanidine groups is 1. The summed E-state index contributed by atoms with van der Waals surface area (Å²) in [4.78, 5) is 33.1. The highest BCUT2D eigenvalue weighted by Crippen LogP contribution is 2.38. The van der Waals surface area contributed by atoms with E-state index in [1.54, 1.807) is 0 Å². The van der Waals surface area contributed by atoms with Gasteiger partial charge in [0.25, 0.3) is 0 Å². The summed E-state index contributed by atoms with van der Waals surface area (Å²) < 4.78 is 0. The van der Waals surface area contributed by atoms with Gasteiger partial charge >= 0.3 is 0 Å². The fourth-order valence-electron chi connectivity index (χ4n) is 4.19. The first kappa shape index (κ1) is 26.4. The van der Waals surface area contributed by atoms with Crippen molar-refractivity contribution in [2.45, 2.75) is 52.9 Å². The molecule has 1 aromatic carbocycles. The monoisotopic (exact) mass is 555 g/mol. The zero-order chi connectivity index (χ0) is 22.4. The van der Waals surface area contributed by atoms with Crippen LogP contribution in [0.3, 0.4) is 0 Å². The Kier molecular flexibility index (Phi) is 9.79. The molecule has 1 aromatic rings. The summed E-state index contributed by atoms with van der Waals surface area (Å²) in [6.45, 7) is 12.2. The molecule has 1 saturated heterocycles. The van der Waals surface area contributed by atoms with E-state index in [1.165, 1.54) is 11.3 Å². The van der Waals surface area contributed by atoms with Crippen LogP contribution in [0.5, 0.6) is 0 Å². The lowest BCUT2D eigenvalue weighted by atomic mass is 9.96. The summed E-state index contributed by atoms with van der Waals surface area (Å²) in [5, 5.41) is 6.37. The molecular weight excluding hydrogens is 517 g/mol. The van der Waals surface area contributed by atoms with Gasteiger partial charge in [0.15, 0.2) is 5.96 Å². The van der Waals surface area contributed by atoms with Gasteiger partial charge in [0.05, 0.1) is 6.54 Å². The Bertz CT molecular complexity index is 821. The summed E-state index contributed by atoms with van der Waals surface area (Å²) in [6.07, 6.45) is 2.63. The number of carbonyl (C=O) groups is 2. The Morgan fingerprint density at radius 2 is 1.97 bits per heavy atom. The minimum atomic E-state index is -0.397. The number of rotatable bonds is 7. The molecular formula is C24H38IN5O2. The molecule has 32 heavy (non-hydrogen) atoms. The summed E-state index contributed by atoms with van der Waals surface area (Å²) in [6, 6.07) is 8.48. The van der Waals surface area contributed by atoms with Crippen LogP contribution in [0.1, 0.15) is 58.4 Å². The Morgan fingerprint density at radius 1 is 1.22 bits per heavy atom. The van der Waals surface area contributed by atoms with Gasteiger partial charge in [-0.25, -0.2) is 0 Å². The smallest absolute Gasteiger partial charge is 0.225 e. The van der Waals surface area contributed by atoms with Crippen molar-refractivity contribution in [1.82, 2.24) is 15.5 Å². The molecule has 0 aromatic heterocycles. The number of nitrogens with zero attached hydrogens (tertiary/aromatic N) is 3. The van der Waals surface area contributed by atoms with Crippen LogP contribution >= 0.6 is 24.0 Å². The molecule has 0 spiro atoms. The van der Waals surface area contributed by atoms with E-state index in [0.717, 1.165) is 45.0 Å². The number of fused-ring (bicyclic) bond motifs is 1. The third kappa shape index (κ3) is 6.59.